The number of rotatable bonds is 0. The Morgan fingerprint density at radius 1 is 1.86 bits per heavy atom. The second-order valence-electron chi connectivity index (χ2n) is 1.24. The van der Waals surface area contributed by atoms with Gasteiger partial charge in [0.1, 0.15) is 0 Å². The molecule has 3 heteroatoms. The van der Waals surface area contributed by atoms with Crippen LogP contribution in [0.4, 0.5) is 0 Å². The molecule has 1 rings (SSSR count). The number of hydrogen-bond acceptors (Lipinski definition) is 1. The van der Waals surface area contributed by atoms with Crippen LogP contribution in [-0.4, -0.2) is 10.2 Å². The molecular weight excluding hydrogens is 203 g/mol. The van der Waals surface area contributed by atoms with E-state index in [2.05, 4.69) is 10.2 Å². The van der Waals surface area contributed by atoms with Crippen molar-refractivity contribution in [3.63, 3.8) is 0 Å². The number of H-pyrrole nitrogens is 1. The lowest BCUT2D eigenvalue weighted by molar-refractivity contribution is 1.05. The molecule has 0 aliphatic rings. The SMILES string of the molecule is Cc1ccn[nH]1.I.[HH]. The molecule has 1 heterocycles. The van der Waals surface area contributed by atoms with E-state index in [-0.39, 0.29) is 25.4 Å². The summed E-state index contributed by atoms with van der Waals surface area (Å²) in [6, 6.07) is 1.92. The van der Waals surface area contributed by atoms with Crippen LogP contribution in [0.25, 0.3) is 0 Å². The van der Waals surface area contributed by atoms with Crippen LogP contribution >= 0.6 is 24.0 Å². The van der Waals surface area contributed by atoms with Gasteiger partial charge in [-0.2, -0.15) is 5.10 Å². The average molecular weight is 212 g/mol. The Morgan fingerprint density at radius 3 is 2.71 bits per heavy atom. The van der Waals surface area contributed by atoms with Gasteiger partial charge in [0, 0.05) is 13.3 Å². The number of hydrogen-bond donors (Lipinski definition) is 1. The number of aryl methyl sites for hydroxylation is 1. The van der Waals surface area contributed by atoms with Crippen LogP contribution in [0.1, 0.15) is 7.12 Å². The third kappa shape index (κ3) is 1.91. The highest BCUT2D eigenvalue weighted by Gasteiger charge is 1.73. The first-order chi connectivity index (χ1) is 2.89. The van der Waals surface area contributed by atoms with E-state index < -0.39 is 0 Å². The van der Waals surface area contributed by atoms with Crippen LogP contribution < -0.4 is 0 Å². The molecule has 0 saturated heterocycles. The molecule has 1 aromatic heterocycles. The van der Waals surface area contributed by atoms with Crippen molar-refractivity contribution in [2.24, 2.45) is 0 Å². The first kappa shape index (κ1) is 6.94. The molecule has 0 atom stereocenters. The van der Waals surface area contributed by atoms with Crippen molar-refractivity contribution in [2.45, 2.75) is 6.92 Å². The van der Waals surface area contributed by atoms with E-state index in [0.717, 1.165) is 5.69 Å². The van der Waals surface area contributed by atoms with E-state index in [1.54, 1.807) is 6.20 Å². The Labute approximate surface area is 60.8 Å². The number of nitrogens with zero attached hydrogens (tertiary/aromatic N) is 1. The molecule has 0 fully saturated rings. The van der Waals surface area contributed by atoms with Gasteiger partial charge >= 0.3 is 0 Å². The van der Waals surface area contributed by atoms with Gasteiger partial charge in [0.05, 0.1) is 0 Å². The zero-order valence-corrected chi connectivity index (χ0v) is 6.34. The Kier molecular flexibility index (Phi) is 2.98. The van der Waals surface area contributed by atoms with Crippen molar-refractivity contribution in [1.82, 2.24) is 10.2 Å². The number of aromatic amines is 1. The standard InChI is InChI=1S/C4H6N2.HI.H2/c1-4-2-3-5-6-4;;/h2-3H,1H3,(H,5,6);2*1H. The van der Waals surface area contributed by atoms with Crippen LogP contribution in [-0.2, 0) is 0 Å². The van der Waals surface area contributed by atoms with Crippen molar-refractivity contribution < 1.29 is 1.43 Å². The molecule has 7 heavy (non-hydrogen) atoms. The highest BCUT2D eigenvalue weighted by atomic mass is 127. The number of nitrogens with one attached hydrogen (secondary N) is 1. The van der Waals surface area contributed by atoms with E-state index in [9.17, 15) is 0 Å². The smallest absolute Gasteiger partial charge is 0.0489 e. The summed E-state index contributed by atoms with van der Waals surface area (Å²) in [5, 5.41) is 6.45. The van der Waals surface area contributed by atoms with Gasteiger partial charge in [-0.25, -0.2) is 0 Å². The van der Waals surface area contributed by atoms with Gasteiger partial charge < -0.3 is 0 Å². The molecule has 2 nitrogen and oxygen atoms in total. The Balaban J connectivity index is 0. The molecule has 0 saturated carbocycles. The molecule has 0 bridgehead atoms. The highest BCUT2D eigenvalue weighted by Crippen LogP contribution is 1.82. The van der Waals surface area contributed by atoms with E-state index in [4.69, 9.17) is 0 Å². The van der Waals surface area contributed by atoms with Crippen LogP contribution in [0, 0.1) is 6.92 Å². The summed E-state index contributed by atoms with van der Waals surface area (Å²) in [6.45, 7) is 1.97. The molecule has 0 aromatic carbocycles. The topological polar surface area (TPSA) is 28.7 Å². The van der Waals surface area contributed by atoms with Crippen LogP contribution in [0.5, 0.6) is 0 Å². The molecule has 0 aliphatic carbocycles. The summed E-state index contributed by atoms with van der Waals surface area (Å²) in [7, 11) is 0. The number of aromatic nitrogens is 2. The quantitative estimate of drug-likeness (QED) is 0.650. The summed E-state index contributed by atoms with van der Waals surface area (Å²) in [6.07, 6.45) is 1.73. The maximum absolute atomic E-state index is 3.70. The van der Waals surface area contributed by atoms with E-state index in [0.29, 0.717) is 0 Å². The van der Waals surface area contributed by atoms with Crippen molar-refractivity contribution in [2.75, 3.05) is 0 Å². The molecule has 42 valence electrons. The summed E-state index contributed by atoms with van der Waals surface area (Å²) in [5.41, 5.74) is 1.11. The Bertz CT molecular complexity index is 118. The molecular formula is C4H9IN2. The first-order valence-corrected chi connectivity index (χ1v) is 1.85. The van der Waals surface area contributed by atoms with Gasteiger partial charge in [0.15, 0.2) is 0 Å². The molecule has 0 spiro atoms. The zero-order chi connectivity index (χ0) is 4.41. The summed E-state index contributed by atoms with van der Waals surface area (Å²) < 4.78 is 0. The fourth-order valence-corrected chi connectivity index (χ4v) is 0.325. The Morgan fingerprint density at radius 2 is 2.57 bits per heavy atom. The highest BCUT2D eigenvalue weighted by molar-refractivity contribution is 14.0. The summed E-state index contributed by atoms with van der Waals surface area (Å²) in [4.78, 5) is 0. The fourth-order valence-electron chi connectivity index (χ4n) is 0.325. The van der Waals surface area contributed by atoms with E-state index >= 15 is 0 Å². The minimum Gasteiger partial charge on any atom is -0.283 e. The van der Waals surface area contributed by atoms with Crippen molar-refractivity contribution >= 4 is 24.0 Å². The maximum atomic E-state index is 3.70. The average Bonchev–Trinajstić information content (AvgIpc) is 1.86. The van der Waals surface area contributed by atoms with Gasteiger partial charge in [-0.1, -0.05) is 0 Å². The van der Waals surface area contributed by atoms with Crippen molar-refractivity contribution in [3.05, 3.63) is 18.0 Å². The second kappa shape index (κ2) is 3.01. The van der Waals surface area contributed by atoms with Crippen LogP contribution in [0.2, 0.25) is 0 Å². The lowest BCUT2D eigenvalue weighted by atomic mass is 10.5. The predicted octanol–water partition coefficient (Wildman–Crippen LogP) is 1.58. The second-order valence-corrected chi connectivity index (χ2v) is 1.24. The fraction of sp³-hybridized carbons (Fsp3) is 0.250. The van der Waals surface area contributed by atoms with E-state index in [1.165, 1.54) is 0 Å². The first-order valence-electron chi connectivity index (χ1n) is 1.85. The normalized spacial score (nSPS) is 7.57. The lowest BCUT2D eigenvalue weighted by Gasteiger charge is -1.68. The van der Waals surface area contributed by atoms with Gasteiger partial charge in [-0.15, -0.1) is 24.0 Å². The van der Waals surface area contributed by atoms with Gasteiger partial charge in [-0.05, 0) is 13.0 Å². The summed E-state index contributed by atoms with van der Waals surface area (Å²) >= 11 is 0. The van der Waals surface area contributed by atoms with Gasteiger partial charge in [0.25, 0.3) is 0 Å². The minimum atomic E-state index is 0. The van der Waals surface area contributed by atoms with Crippen molar-refractivity contribution in [3.8, 4) is 0 Å². The monoisotopic (exact) mass is 212 g/mol. The van der Waals surface area contributed by atoms with Crippen LogP contribution in [0.15, 0.2) is 12.3 Å². The lowest BCUT2D eigenvalue weighted by Crippen LogP contribution is -1.65. The minimum absolute atomic E-state index is 0. The maximum Gasteiger partial charge on any atom is 0.0489 e. The molecule has 1 aromatic rings. The Hall–Kier alpha value is -0.0600. The molecule has 0 unspecified atom stereocenters. The largest absolute Gasteiger partial charge is 0.283 e. The zero-order valence-electron chi connectivity index (χ0n) is 4.01. The number of halogens is 1. The molecule has 0 radical (unpaired) electrons. The van der Waals surface area contributed by atoms with Crippen molar-refractivity contribution in [1.29, 1.82) is 0 Å². The molecule has 0 amide bonds. The third-order valence-electron chi connectivity index (χ3n) is 0.640. The van der Waals surface area contributed by atoms with Gasteiger partial charge in [0.2, 0.25) is 0 Å². The van der Waals surface area contributed by atoms with Crippen LogP contribution in [0.3, 0.4) is 0 Å². The molecule has 1 N–H and O–H groups in total. The van der Waals surface area contributed by atoms with E-state index in [1.807, 2.05) is 13.0 Å². The van der Waals surface area contributed by atoms with Gasteiger partial charge in [-0.3, -0.25) is 5.10 Å². The molecule has 0 aliphatic heterocycles. The third-order valence-corrected chi connectivity index (χ3v) is 0.640. The predicted molar refractivity (Wildman–Crippen MR) is 40.9 cm³/mol. The summed E-state index contributed by atoms with van der Waals surface area (Å²) in [5.74, 6) is 0.